The summed E-state index contributed by atoms with van der Waals surface area (Å²) >= 11 is 0. The summed E-state index contributed by atoms with van der Waals surface area (Å²) in [5, 5.41) is 3.17. The zero-order valence-corrected chi connectivity index (χ0v) is 13.4. The summed E-state index contributed by atoms with van der Waals surface area (Å²) in [4.78, 5) is 25.9. The quantitative estimate of drug-likeness (QED) is 0.800. The lowest BCUT2D eigenvalue weighted by Gasteiger charge is -2.35. The molecule has 0 aromatic carbocycles. The molecule has 1 aliphatic carbocycles. The van der Waals surface area contributed by atoms with Crippen LogP contribution in [-0.2, 0) is 14.3 Å². The van der Waals surface area contributed by atoms with Crippen molar-refractivity contribution in [1.29, 1.82) is 0 Å². The van der Waals surface area contributed by atoms with Crippen molar-refractivity contribution in [1.82, 2.24) is 10.2 Å². The molecule has 0 aromatic rings. The summed E-state index contributed by atoms with van der Waals surface area (Å²) in [5.74, 6) is 1.01. The summed E-state index contributed by atoms with van der Waals surface area (Å²) in [5.41, 5.74) is 0. The molecule has 0 aromatic heterocycles. The Kier molecular flexibility index (Phi) is 5.62. The van der Waals surface area contributed by atoms with E-state index in [-0.39, 0.29) is 24.0 Å². The fourth-order valence-corrected chi connectivity index (χ4v) is 3.64. The lowest BCUT2D eigenvalue weighted by atomic mass is 9.78. The molecule has 2 rings (SSSR count). The van der Waals surface area contributed by atoms with Crippen LogP contribution >= 0.6 is 0 Å². The van der Waals surface area contributed by atoms with Crippen LogP contribution in [0, 0.1) is 11.8 Å². The molecule has 0 radical (unpaired) electrons. The normalized spacial score (nSPS) is 33.7. The van der Waals surface area contributed by atoms with E-state index in [0.29, 0.717) is 18.4 Å². The fourth-order valence-electron chi connectivity index (χ4n) is 3.64. The number of amides is 1. The Bertz CT molecular complexity index is 386. The molecule has 5 nitrogen and oxygen atoms in total. The van der Waals surface area contributed by atoms with Crippen molar-refractivity contribution < 1.29 is 14.3 Å². The molecule has 1 heterocycles. The summed E-state index contributed by atoms with van der Waals surface area (Å²) in [6.07, 6.45) is 5.24. The number of likely N-dealkylation sites (tertiary alicyclic amines) is 1. The molecule has 1 saturated heterocycles. The first-order valence-electron chi connectivity index (χ1n) is 8.14. The maximum absolute atomic E-state index is 12.3. The molecule has 1 N–H and O–H groups in total. The number of ether oxygens (including phenoxy) is 1. The summed E-state index contributed by atoms with van der Waals surface area (Å²) in [7, 11) is 1.41. The van der Waals surface area contributed by atoms with Gasteiger partial charge in [0.15, 0.2) is 0 Å². The number of carbonyl (C=O) groups is 2. The van der Waals surface area contributed by atoms with Gasteiger partial charge in [-0.1, -0.05) is 26.7 Å². The van der Waals surface area contributed by atoms with Crippen LogP contribution in [0.2, 0.25) is 0 Å². The molecule has 1 saturated carbocycles. The van der Waals surface area contributed by atoms with Gasteiger partial charge in [-0.25, -0.2) is 0 Å². The third kappa shape index (κ3) is 3.96. The van der Waals surface area contributed by atoms with Crippen molar-refractivity contribution in [3.05, 3.63) is 0 Å². The van der Waals surface area contributed by atoms with E-state index in [0.717, 1.165) is 25.8 Å². The molecule has 2 fully saturated rings. The predicted octanol–water partition coefficient (Wildman–Crippen LogP) is 1.56. The van der Waals surface area contributed by atoms with Gasteiger partial charge in [0.25, 0.3) is 0 Å². The Hall–Kier alpha value is -1.10. The van der Waals surface area contributed by atoms with Gasteiger partial charge in [-0.05, 0) is 37.6 Å². The average molecular weight is 296 g/mol. The lowest BCUT2D eigenvalue weighted by Crippen LogP contribution is -2.49. The van der Waals surface area contributed by atoms with Crippen LogP contribution in [0.5, 0.6) is 0 Å². The first-order chi connectivity index (χ1) is 10.0. The average Bonchev–Trinajstić information content (AvgIpc) is 2.91. The van der Waals surface area contributed by atoms with Gasteiger partial charge in [0.1, 0.15) is 6.04 Å². The highest BCUT2D eigenvalue weighted by molar-refractivity contribution is 5.81. The second-order valence-electron chi connectivity index (χ2n) is 6.59. The number of hydrogen-bond acceptors (Lipinski definition) is 4. The Morgan fingerprint density at radius 1 is 1.19 bits per heavy atom. The lowest BCUT2D eigenvalue weighted by molar-refractivity contribution is -0.146. The van der Waals surface area contributed by atoms with Crippen LogP contribution in [0.4, 0.5) is 0 Å². The number of rotatable bonds is 4. The number of nitrogens with zero attached hydrogens (tertiary/aromatic N) is 1. The Morgan fingerprint density at radius 3 is 2.67 bits per heavy atom. The van der Waals surface area contributed by atoms with Gasteiger partial charge in [-0.3, -0.25) is 14.5 Å². The highest BCUT2D eigenvalue weighted by Gasteiger charge is 2.34. The van der Waals surface area contributed by atoms with Crippen LogP contribution in [0.15, 0.2) is 0 Å². The predicted molar refractivity (Wildman–Crippen MR) is 80.7 cm³/mol. The maximum Gasteiger partial charge on any atom is 0.323 e. The van der Waals surface area contributed by atoms with E-state index < -0.39 is 0 Å². The van der Waals surface area contributed by atoms with Crippen LogP contribution in [0.25, 0.3) is 0 Å². The summed E-state index contributed by atoms with van der Waals surface area (Å²) in [6.45, 7) is 5.58. The van der Waals surface area contributed by atoms with Crippen LogP contribution in [-0.4, -0.2) is 49.1 Å². The van der Waals surface area contributed by atoms with Gasteiger partial charge >= 0.3 is 5.97 Å². The van der Waals surface area contributed by atoms with Crippen molar-refractivity contribution in [3.8, 4) is 0 Å². The zero-order valence-electron chi connectivity index (χ0n) is 13.4. The van der Waals surface area contributed by atoms with Crippen molar-refractivity contribution in [2.75, 3.05) is 20.2 Å². The minimum absolute atomic E-state index is 0.0387. The number of methoxy groups -OCH3 is 1. The van der Waals surface area contributed by atoms with Crippen molar-refractivity contribution in [2.24, 2.45) is 11.8 Å². The van der Waals surface area contributed by atoms with Gasteiger partial charge in [-0.15, -0.1) is 0 Å². The second-order valence-corrected chi connectivity index (χ2v) is 6.59. The van der Waals surface area contributed by atoms with Gasteiger partial charge in [-0.2, -0.15) is 0 Å². The third-order valence-corrected chi connectivity index (χ3v) is 5.24. The SMILES string of the molecule is COC(=O)C1CCCN1CC(=O)NC1CCCC(C)C1C. The largest absolute Gasteiger partial charge is 0.468 e. The third-order valence-electron chi connectivity index (χ3n) is 5.24. The van der Waals surface area contributed by atoms with E-state index in [1.807, 2.05) is 4.90 Å². The molecular formula is C16H28N2O3. The van der Waals surface area contributed by atoms with E-state index in [4.69, 9.17) is 4.74 Å². The first kappa shape index (κ1) is 16.3. The number of nitrogens with one attached hydrogen (secondary N) is 1. The fraction of sp³-hybridized carbons (Fsp3) is 0.875. The molecule has 4 atom stereocenters. The van der Waals surface area contributed by atoms with E-state index in [2.05, 4.69) is 19.2 Å². The number of hydrogen-bond donors (Lipinski definition) is 1. The maximum atomic E-state index is 12.3. The smallest absolute Gasteiger partial charge is 0.323 e. The van der Waals surface area contributed by atoms with Gasteiger partial charge in [0.2, 0.25) is 5.91 Å². The molecule has 1 aliphatic heterocycles. The second kappa shape index (κ2) is 7.25. The molecule has 2 aliphatic rings. The van der Waals surface area contributed by atoms with Gasteiger partial charge < -0.3 is 10.1 Å². The minimum atomic E-state index is -0.247. The Morgan fingerprint density at radius 2 is 1.95 bits per heavy atom. The molecule has 0 spiro atoms. The minimum Gasteiger partial charge on any atom is -0.468 e. The standard InChI is InChI=1S/C16H28N2O3/c1-11-6-4-7-13(12(11)2)17-15(19)10-18-9-5-8-14(18)16(20)21-3/h11-14H,4-10H2,1-3H3,(H,17,19). The summed E-state index contributed by atoms with van der Waals surface area (Å²) < 4.78 is 4.81. The van der Waals surface area contributed by atoms with E-state index in [1.54, 1.807) is 0 Å². The molecule has 120 valence electrons. The highest BCUT2D eigenvalue weighted by Crippen LogP contribution is 2.29. The Balaban J connectivity index is 1.85. The van der Waals surface area contributed by atoms with Crippen LogP contribution in [0.3, 0.4) is 0 Å². The molecular weight excluding hydrogens is 268 g/mol. The molecule has 1 amide bonds. The zero-order chi connectivity index (χ0) is 15.4. The molecule has 4 unspecified atom stereocenters. The van der Waals surface area contributed by atoms with E-state index in [9.17, 15) is 9.59 Å². The molecule has 5 heteroatoms. The van der Waals surface area contributed by atoms with E-state index in [1.165, 1.54) is 20.0 Å². The highest BCUT2D eigenvalue weighted by atomic mass is 16.5. The molecule has 0 bridgehead atoms. The topological polar surface area (TPSA) is 58.6 Å². The molecule has 21 heavy (non-hydrogen) atoms. The van der Waals surface area contributed by atoms with Crippen LogP contribution < -0.4 is 5.32 Å². The first-order valence-corrected chi connectivity index (χ1v) is 8.14. The van der Waals surface area contributed by atoms with Crippen molar-refractivity contribution in [3.63, 3.8) is 0 Å². The van der Waals surface area contributed by atoms with Crippen molar-refractivity contribution in [2.45, 2.75) is 58.0 Å². The van der Waals surface area contributed by atoms with Crippen LogP contribution in [0.1, 0.15) is 46.0 Å². The monoisotopic (exact) mass is 296 g/mol. The number of esters is 1. The van der Waals surface area contributed by atoms with Crippen molar-refractivity contribution >= 4 is 11.9 Å². The Labute approximate surface area is 127 Å². The van der Waals surface area contributed by atoms with Gasteiger partial charge in [0.05, 0.1) is 13.7 Å². The van der Waals surface area contributed by atoms with Gasteiger partial charge in [0, 0.05) is 6.04 Å². The summed E-state index contributed by atoms with van der Waals surface area (Å²) in [6, 6.07) is 0.0314. The number of carbonyl (C=O) groups excluding carboxylic acids is 2. The van der Waals surface area contributed by atoms with E-state index >= 15 is 0 Å².